The molecule has 0 radical (unpaired) electrons. The number of rotatable bonds is 8. The van der Waals surface area contributed by atoms with Crippen molar-refractivity contribution in [2.24, 2.45) is 0 Å². The number of anilines is 2. The van der Waals surface area contributed by atoms with E-state index in [1.54, 1.807) is 42.5 Å². The van der Waals surface area contributed by atoms with Crippen molar-refractivity contribution in [2.45, 2.75) is 6.54 Å². The molecule has 0 saturated heterocycles. The Labute approximate surface area is 176 Å². The van der Waals surface area contributed by atoms with Gasteiger partial charge in [0.25, 0.3) is 5.91 Å². The maximum absolute atomic E-state index is 12.5. The van der Waals surface area contributed by atoms with Crippen LogP contribution in [-0.4, -0.2) is 51.1 Å². The maximum atomic E-state index is 12.5. The van der Waals surface area contributed by atoms with Crippen LogP contribution in [0.15, 0.2) is 60.9 Å². The van der Waals surface area contributed by atoms with E-state index in [1.165, 1.54) is 28.0 Å². The van der Waals surface area contributed by atoms with Gasteiger partial charge in [0, 0.05) is 5.69 Å². The SMILES string of the molecule is N#CCN(C(=O)COC(=O)c1ccccc1NC(=O)Cn1cnnn1)c1ccccc1. The Kier molecular flexibility index (Phi) is 6.99. The Balaban J connectivity index is 1.64. The molecule has 0 atom stereocenters. The van der Waals surface area contributed by atoms with E-state index >= 15 is 0 Å². The minimum Gasteiger partial charge on any atom is -0.452 e. The van der Waals surface area contributed by atoms with E-state index in [4.69, 9.17) is 10.00 Å². The van der Waals surface area contributed by atoms with Gasteiger partial charge < -0.3 is 10.1 Å². The number of carbonyl (C=O) groups excluding carboxylic acids is 3. The molecular formula is C20H17N7O4. The Morgan fingerprint density at radius 2 is 1.84 bits per heavy atom. The number of nitrogens with one attached hydrogen (secondary N) is 1. The third kappa shape index (κ3) is 5.70. The molecule has 1 heterocycles. The summed E-state index contributed by atoms with van der Waals surface area (Å²) in [6.07, 6.45) is 1.28. The predicted octanol–water partition coefficient (Wildman–Crippen LogP) is 1.03. The van der Waals surface area contributed by atoms with Gasteiger partial charge in [-0.15, -0.1) is 5.10 Å². The van der Waals surface area contributed by atoms with Gasteiger partial charge in [-0.2, -0.15) is 5.26 Å². The first-order valence-electron chi connectivity index (χ1n) is 9.07. The van der Waals surface area contributed by atoms with E-state index in [0.29, 0.717) is 5.69 Å². The van der Waals surface area contributed by atoms with E-state index in [1.807, 2.05) is 6.07 Å². The number of aromatic nitrogens is 4. The van der Waals surface area contributed by atoms with Crippen molar-refractivity contribution >= 4 is 29.2 Å². The van der Waals surface area contributed by atoms with Crippen LogP contribution in [0.4, 0.5) is 11.4 Å². The Morgan fingerprint density at radius 1 is 1.10 bits per heavy atom. The number of tetrazole rings is 1. The fourth-order valence-electron chi connectivity index (χ4n) is 2.64. The summed E-state index contributed by atoms with van der Waals surface area (Å²) >= 11 is 0. The number of nitrogens with zero attached hydrogens (tertiary/aromatic N) is 6. The summed E-state index contributed by atoms with van der Waals surface area (Å²) in [5.41, 5.74) is 0.808. The lowest BCUT2D eigenvalue weighted by molar-refractivity contribution is -0.121. The number of esters is 1. The summed E-state index contributed by atoms with van der Waals surface area (Å²) in [6.45, 7) is -0.901. The maximum Gasteiger partial charge on any atom is 0.340 e. The van der Waals surface area contributed by atoms with E-state index < -0.39 is 24.4 Å². The molecule has 0 aliphatic heterocycles. The molecular weight excluding hydrogens is 402 g/mol. The smallest absolute Gasteiger partial charge is 0.340 e. The average molecular weight is 419 g/mol. The normalized spacial score (nSPS) is 10.0. The molecule has 0 aliphatic carbocycles. The Bertz CT molecular complexity index is 1090. The third-order valence-electron chi connectivity index (χ3n) is 4.04. The van der Waals surface area contributed by atoms with Crippen LogP contribution in [0.5, 0.6) is 0 Å². The molecule has 0 aliphatic rings. The second kappa shape index (κ2) is 10.3. The molecule has 0 unspecified atom stereocenters. The summed E-state index contributed by atoms with van der Waals surface area (Å²) in [5.74, 6) is -1.80. The summed E-state index contributed by atoms with van der Waals surface area (Å²) in [7, 11) is 0. The van der Waals surface area contributed by atoms with Crippen molar-refractivity contribution in [2.75, 3.05) is 23.4 Å². The van der Waals surface area contributed by atoms with Crippen LogP contribution in [-0.2, 0) is 20.9 Å². The predicted molar refractivity (Wildman–Crippen MR) is 108 cm³/mol. The molecule has 2 aromatic carbocycles. The zero-order valence-electron chi connectivity index (χ0n) is 16.2. The van der Waals surface area contributed by atoms with Gasteiger partial charge in [-0.1, -0.05) is 30.3 Å². The number of hydrogen-bond donors (Lipinski definition) is 1. The van der Waals surface area contributed by atoms with Crippen molar-refractivity contribution in [1.82, 2.24) is 20.2 Å². The largest absolute Gasteiger partial charge is 0.452 e. The van der Waals surface area contributed by atoms with Gasteiger partial charge in [0.15, 0.2) is 6.61 Å². The number of nitriles is 1. The molecule has 1 N–H and O–H groups in total. The molecule has 156 valence electrons. The average Bonchev–Trinajstić information content (AvgIpc) is 3.29. The summed E-state index contributed by atoms with van der Waals surface area (Å²) in [5, 5.41) is 22.1. The second-order valence-corrected chi connectivity index (χ2v) is 6.15. The van der Waals surface area contributed by atoms with Gasteiger partial charge in [-0.05, 0) is 34.7 Å². The molecule has 2 amide bonds. The number of amides is 2. The van der Waals surface area contributed by atoms with Crippen LogP contribution in [0.25, 0.3) is 0 Å². The van der Waals surface area contributed by atoms with Gasteiger partial charge in [0.1, 0.15) is 19.4 Å². The Morgan fingerprint density at radius 3 is 2.55 bits per heavy atom. The van der Waals surface area contributed by atoms with Gasteiger partial charge in [0.05, 0.1) is 17.3 Å². The number of benzene rings is 2. The summed E-state index contributed by atoms with van der Waals surface area (Å²) < 4.78 is 6.36. The van der Waals surface area contributed by atoms with Gasteiger partial charge in [-0.25, -0.2) is 9.48 Å². The van der Waals surface area contributed by atoms with Crippen molar-refractivity contribution in [3.8, 4) is 6.07 Å². The van der Waals surface area contributed by atoms with Crippen molar-refractivity contribution in [3.63, 3.8) is 0 Å². The number of carbonyl (C=O) groups is 3. The standard InChI is InChI=1S/C20H17N7O4/c21-10-11-27(15-6-2-1-3-7-15)19(29)13-31-20(30)16-8-4-5-9-17(16)23-18(28)12-26-14-22-24-25-26/h1-9,14H,11-13H2,(H,23,28). The highest BCUT2D eigenvalue weighted by Crippen LogP contribution is 2.17. The van der Waals surface area contributed by atoms with E-state index in [-0.39, 0.29) is 24.3 Å². The number of ether oxygens (including phenoxy) is 1. The van der Waals surface area contributed by atoms with Crippen LogP contribution >= 0.6 is 0 Å². The molecule has 3 rings (SSSR count). The molecule has 0 spiro atoms. The first-order chi connectivity index (χ1) is 15.1. The van der Waals surface area contributed by atoms with Gasteiger partial charge in [-0.3, -0.25) is 14.5 Å². The minimum atomic E-state index is -0.795. The summed E-state index contributed by atoms with van der Waals surface area (Å²) in [6, 6.07) is 16.7. The molecule has 0 fully saturated rings. The fraction of sp³-hybridized carbons (Fsp3) is 0.150. The third-order valence-corrected chi connectivity index (χ3v) is 4.04. The van der Waals surface area contributed by atoms with E-state index in [9.17, 15) is 14.4 Å². The fourth-order valence-corrected chi connectivity index (χ4v) is 2.64. The molecule has 0 bridgehead atoms. The van der Waals surface area contributed by atoms with E-state index in [2.05, 4.69) is 20.8 Å². The van der Waals surface area contributed by atoms with Crippen molar-refractivity contribution in [1.29, 1.82) is 5.26 Å². The molecule has 31 heavy (non-hydrogen) atoms. The lowest BCUT2D eigenvalue weighted by atomic mass is 10.2. The van der Waals surface area contributed by atoms with Crippen LogP contribution < -0.4 is 10.2 Å². The first kappa shape index (κ1) is 21.1. The quantitative estimate of drug-likeness (QED) is 0.421. The van der Waals surface area contributed by atoms with Gasteiger partial charge >= 0.3 is 5.97 Å². The highest BCUT2D eigenvalue weighted by Gasteiger charge is 2.20. The molecule has 11 nitrogen and oxygen atoms in total. The van der Waals surface area contributed by atoms with Crippen LogP contribution in [0.3, 0.4) is 0 Å². The van der Waals surface area contributed by atoms with Crippen molar-refractivity contribution < 1.29 is 19.1 Å². The number of hydrogen-bond acceptors (Lipinski definition) is 8. The topological polar surface area (TPSA) is 143 Å². The zero-order chi connectivity index (χ0) is 22.1. The van der Waals surface area contributed by atoms with Crippen molar-refractivity contribution in [3.05, 3.63) is 66.5 Å². The van der Waals surface area contributed by atoms with Crippen LogP contribution in [0.1, 0.15) is 10.4 Å². The molecule has 11 heteroatoms. The highest BCUT2D eigenvalue weighted by atomic mass is 16.5. The van der Waals surface area contributed by atoms with Gasteiger partial charge in [0.2, 0.25) is 5.91 Å². The monoisotopic (exact) mass is 419 g/mol. The van der Waals surface area contributed by atoms with E-state index in [0.717, 1.165) is 0 Å². The molecule has 0 saturated carbocycles. The van der Waals surface area contributed by atoms with Crippen LogP contribution in [0, 0.1) is 11.3 Å². The highest BCUT2D eigenvalue weighted by molar-refractivity contribution is 6.02. The van der Waals surface area contributed by atoms with Crippen LogP contribution in [0.2, 0.25) is 0 Å². The molecule has 3 aromatic rings. The number of para-hydroxylation sites is 2. The molecule has 1 aromatic heterocycles. The summed E-state index contributed by atoms with van der Waals surface area (Å²) in [4.78, 5) is 38.4. The lowest BCUT2D eigenvalue weighted by Gasteiger charge is -2.19. The Hall–Kier alpha value is -4.59. The minimum absolute atomic E-state index is 0.0758. The first-order valence-corrected chi connectivity index (χ1v) is 9.07. The lowest BCUT2D eigenvalue weighted by Crippen LogP contribution is -2.35. The zero-order valence-corrected chi connectivity index (χ0v) is 16.2. The second-order valence-electron chi connectivity index (χ2n) is 6.15.